The third-order valence-electron chi connectivity index (χ3n) is 5.74. The lowest BCUT2D eigenvalue weighted by atomic mass is 9.86. The van der Waals surface area contributed by atoms with Crippen molar-refractivity contribution in [2.45, 2.75) is 35.1 Å². The third-order valence-corrected chi connectivity index (χ3v) is 7.51. The molecule has 1 atom stereocenters. The molecular weight excluding hydrogens is 344 g/mol. The summed E-state index contributed by atoms with van der Waals surface area (Å²) in [5, 5.41) is 0. The van der Waals surface area contributed by atoms with E-state index in [-0.39, 0.29) is 0 Å². The Hall–Kier alpha value is -1.69. The van der Waals surface area contributed by atoms with Crippen LogP contribution in [0.25, 0.3) is 0 Å². The maximum atomic E-state index is 12.9. The minimum atomic E-state index is -3.44. The lowest BCUT2D eigenvalue weighted by Crippen LogP contribution is -2.46. The standard InChI is InChI=1S/C21H26N2O2S/c1-22-12-14-23(15-13-22)21-9-5-6-17-16-19(10-11-20(17)21)26(24,25)18-7-3-2-4-8-18/h2-4,7-8,10-11,16,21H,5-6,9,12-15H2,1H3. The quantitative estimate of drug-likeness (QED) is 0.832. The topological polar surface area (TPSA) is 40.6 Å². The fourth-order valence-corrected chi connectivity index (χ4v) is 5.51. The lowest BCUT2D eigenvalue weighted by Gasteiger charge is -2.40. The van der Waals surface area contributed by atoms with Crippen molar-refractivity contribution < 1.29 is 8.42 Å². The van der Waals surface area contributed by atoms with Gasteiger partial charge in [-0.05, 0) is 61.7 Å². The van der Waals surface area contributed by atoms with E-state index in [2.05, 4.69) is 22.9 Å². The van der Waals surface area contributed by atoms with Crippen LogP contribution in [0.15, 0.2) is 58.3 Å². The first-order valence-electron chi connectivity index (χ1n) is 9.41. The van der Waals surface area contributed by atoms with Crippen LogP contribution in [0, 0.1) is 0 Å². The number of benzene rings is 2. The second kappa shape index (κ2) is 7.14. The zero-order valence-electron chi connectivity index (χ0n) is 15.3. The molecule has 4 nitrogen and oxygen atoms in total. The summed E-state index contributed by atoms with van der Waals surface area (Å²) < 4.78 is 25.8. The Labute approximate surface area is 156 Å². The molecule has 4 rings (SSSR count). The molecule has 1 saturated heterocycles. The number of nitrogens with zero attached hydrogens (tertiary/aromatic N) is 2. The molecule has 26 heavy (non-hydrogen) atoms. The third kappa shape index (κ3) is 3.31. The van der Waals surface area contributed by atoms with Gasteiger partial charge in [-0.1, -0.05) is 24.3 Å². The van der Waals surface area contributed by atoms with Gasteiger partial charge in [-0.2, -0.15) is 0 Å². The van der Waals surface area contributed by atoms with E-state index in [0.29, 0.717) is 15.8 Å². The predicted octanol–water partition coefficient (Wildman–Crippen LogP) is 3.14. The first-order chi connectivity index (χ1) is 12.6. The van der Waals surface area contributed by atoms with Crippen LogP contribution in [0.3, 0.4) is 0 Å². The summed E-state index contributed by atoms with van der Waals surface area (Å²) in [5.74, 6) is 0. The molecule has 2 aliphatic rings. The number of rotatable bonds is 3. The van der Waals surface area contributed by atoms with E-state index in [9.17, 15) is 8.42 Å². The van der Waals surface area contributed by atoms with Crippen LogP contribution in [0.5, 0.6) is 0 Å². The van der Waals surface area contributed by atoms with Gasteiger partial charge in [0.15, 0.2) is 0 Å². The van der Waals surface area contributed by atoms with Gasteiger partial charge in [-0.25, -0.2) is 8.42 Å². The van der Waals surface area contributed by atoms with Crippen molar-refractivity contribution in [3.8, 4) is 0 Å². The number of piperazine rings is 1. The highest BCUT2D eigenvalue weighted by Gasteiger charge is 2.29. The minimum absolute atomic E-state index is 0.367. The molecule has 0 aromatic heterocycles. The second-order valence-electron chi connectivity index (χ2n) is 7.42. The number of aryl methyl sites for hydroxylation is 1. The number of hydrogen-bond acceptors (Lipinski definition) is 4. The zero-order chi connectivity index (χ0) is 18.1. The highest BCUT2D eigenvalue weighted by Crippen LogP contribution is 2.36. The second-order valence-corrected chi connectivity index (χ2v) is 9.37. The molecule has 1 aliphatic carbocycles. The maximum Gasteiger partial charge on any atom is 0.206 e. The number of fused-ring (bicyclic) bond motifs is 1. The van der Waals surface area contributed by atoms with Crippen molar-refractivity contribution in [2.24, 2.45) is 0 Å². The maximum absolute atomic E-state index is 12.9. The molecule has 1 heterocycles. The Balaban J connectivity index is 1.65. The van der Waals surface area contributed by atoms with Gasteiger partial charge in [0.1, 0.15) is 0 Å². The first-order valence-corrected chi connectivity index (χ1v) is 10.9. The van der Waals surface area contributed by atoms with E-state index in [1.807, 2.05) is 12.1 Å². The summed E-state index contributed by atoms with van der Waals surface area (Å²) >= 11 is 0. The number of sulfone groups is 1. The molecule has 1 aliphatic heterocycles. The molecule has 1 unspecified atom stereocenters. The predicted molar refractivity (Wildman–Crippen MR) is 103 cm³/mol. The lowest BCUT2D eigenvalue weighted by molar-refractivity contribution is 0.102. The summed E-state index contributed by atoms with van der Waals surface area (Å²) in [6.45, 7) is 4.38. The van der Waals surface area contributed by atoms with Crippen LogP contribution in [0.1, 0.15) is 30.0 Å². The van der Waals surface area contributed by atoms with Crippen LogP contribution < -0.4 is 0 Å². The molecule has 2 aromatic carbocycles. The van der Waals surface area contributed by atoms with Crippen molar-refractivity contribution in [1.29, 1.82) is 0 Å². The fourth-order valence-electron chi connectivity index (χ4n) is 4.18. The summed E-state index contributed by atoms with van der Waals surface area (Å²) in [4.78, 5) is 5.73. The van der Waals surface area contributed by atoms with E-state index in [1.165, 1.54) is 17.5 Å². The molecule has 2 aromatic rings. The van der Waals surface area contributed by atoms with Gasteiger partial charge in [-0.3, -0.25) is 4.90 Å². The largest absolute Gasteiger partial charge is 0.304 e. The molecule has 0 saturated carbocycles. The van der Waals surface area contributed by atoms with Gasteiger partial charge in [0.2, 0.25) is 9.84 Å². The highest BCUT2D eigenvalue weighted by molar-refractivity contribution is 7.91. The van der Waals surface area contributed by atoms with E-state index in [0.717, 1.165) is 39.0 Å². The molecule has 5 heteroatoms. The summed E-state index contributed by atoms with van der Waals surface area (Å²) in [6, 6.07) is 14.9. The summed E-state index contributed by atoms with van der Waals surface area (Å²) in [7, 11) is -1.27. The van der Waals surface area contributed by atoms with Crippen LogP contribution in [-0.4, -0.2) is 51.4 Å². The molecule has 1 fully saturated rings. The van der Waals surface area contributed by atoms with Crippen molar-refractivity contribution in [3.05, 3.63) is 59.7 Å². The molecule has 0 spiro atoms. The summed E-state index contributed by atoms with van der Waals surface area (Å²) in [6.07, 6.45) is 3.26. The normalized spacial score (nSPS) is 22.1. The van der Waals surface area contributed by atoms with Crippen molar-refractivity contribution in [3.63, 3.8) is 0 Å². The van der Waals surface area contributed by atoms with Crippen molar-refractivity contribution in [2.75, 3.05) is 33.2 Å². The average Bonchev–Trinajstić information content (AvgIpc) is 2.68. The SMILES string of the molecule is CN1CCN(C2CCCc3cc(S(=O)(=O)c4ccccc4)ccc32)CC1. The molecule has 0 bridgehead atoms. The van der Waals surface area contributed by atoms with Crippen LogP contribution in [0.4, 0.5) is 0 Å². The molecule has 0 radical (unpaired) electrons. The summed E-state index contributed by atoms with van der Waals surface area (Å²) in [5.41, 5.74) is 2.53. The van der Waals surface area contributed by atoms with Crippen molar-refractivity contribution >= 4 is 9.84 Å². The highest BCUT2D eigenvalue weighted by atomic mass is 32.2. The monoisotopic (exact) mass is 370 g/mol. The minimum Gasteiger partial charge on any atom is -0.304 e. The Bertz CT molecular complexity index is 872. The van der Waals surface area contributed by atoms with E-state index >= 15 is 0 Å². The van der Waals surface area contributed by atoms with Crippen LogP contribution in [-0.2, 0) is 16.3 Å². The van der Waals surface area contributed by atoms with Gasteiger partial charge in [0.25, 0.3) is 0 Å². The van der Waals surface area contributed by atoms with Crippen LogP contribution in [0.2, 0.25) is 0 Å². The van der Waals surface area contributed by atoms with Crippen LogP contribution >= 0.6 is 0 Å². The van der Waals surface area contributed by atoms with E-state index < -0.39 is 9.84 Å². The zero-order valence-corrected chi connectivity index (χ0v) is 16.1. The molecular formula is C21H26N2O2S. The Morgan fingerprint density at radius 3 is 2.38 bits per heavy atom. The van der Waals surface area contributed by atoms with Gasteiger partial charge in [-0.15, -0.1) is 0 Å². The van der Waals surface area contributed by atoms with Gasteiger partial charge >= 0.3 is 0 Å². The van der Waals surface area contributed by atoms with Crippen molar-refractivity contribution in [1.82, 2.24) is 9.80 Å². The Morgan fingerprint density at radius 2 is 1.65 bits per heavy atom. The fraction of sp³-hybridized carbons (Fsp3) is 0.429. The smallest absolute Gasteiger partial charge is 0.206 e. The molecule has 138 valence electrons. The van der Waals surface area contributed by atoms with E-state index in [4.69, 9.17) is 0 Å². The average molecular weight is 371 g/mol. The van der Waals surface area contributed by atoms with Gasteiger partial charge in [0, 0.05) is 32.2 Å². The number of hydrogen-bond donors (Lipinski definition) is 0. The van der Waals surface area contributed by atoms with Gasteiger partial charge < -0.3 is 4.90 Å². The molecule has 0 amide bonds. The van der Waals surface area contributed by atoms with E-state index in [1.54, 1.807) is 30.3 Å². The Kier molecular flexibility index (Phi) is 4.86. The Morgan fingerprint density at radius 1 is 0.923 bits per heavy atom. The first kappa shape index (κ1) is 17.7. The number of likely N-dealkylation sites (N-methyl/N-ethyl adjacent to an activating group) is 1. The molecule has 0 N–H and O–H groups in total. The van der Waals surface area contributed by atoms with Gasteiger partial charge in [0.05, 0.1) is 9.79 Å².